The van der Waals surface area contributed by atoms with E-state index < -0.39 is 0 Å². The van der Waals surface area contributed by atoms with Gasteiger partial charge in [0.1, 0.15) is 0 Å². The summed E-state index contributed by atoms with van der Waals surface area (Å²) in [5.74, 6) is 1.10. The molecule has 5 heteroatoms. The molecule has 0 aliphatic carbocycles. The molecule has 0 atom stereocenters. The molecule has 2 N–H and O–H groups in total. The molecular weight excluding hydrogens is 238 g/mol. The van der Waals surface area contributed by atoms with Crippen molar-refractivity contribution in [2.45, 2.75) is 40.2 Å². The molecule has 1 aromatic rings. The second kappa shape index (κ2) is 7.38. The van der Waals surface area contributed by atoms with Crippen LogP contribution in [-0.2, 0) is 6.54 Å². The molecule has 1 heterocycles. The van der Waals surface area contributed by atoms with Crippen molar-refractivity contribution in [3.63, 3.8) is 0 Å². The fourth-order valence-electron chi connectivity index (χ4n) is 2.28. The second-order valence-electron chi connectivity index (χ2n) is 5.28. The Hall–Kier alpha value is -1.23. The van der Waals surface area contributed by atoms with Gasteiger partial charge in [-0.2, -0.15) is 5.10 Å². The first-order chi connectivity index (χ1) is 9.01. The van der Waals surface area contributed by atoms with E-state index in [1.165, 1.54) is 0 Å². The van der Waals surface area contributed by atoms with Gasteiger partial charge in [0.15, 0.2) is 5.82 Å². The van der Waals surface area contributed by atoms with Crippen molar-refractivity contribution in [2.24, 2.45) is 0 Å². The molecule has 0 unspecified atom stereocenters. The van der Waals surface area contributed by atoms with E-state index in [9.17, 15) is 0 Å². The number of nitrogen functional groups attached to an aromatic ring is 1. The minimum absolute atomic E-state index is 0.833. The van der Waals surface area contributed by atoms with Crippen molar-refractivity contribution >= 4 is 11.5 Å². The number of nitrogens with zero attached hydrogens (tertiary/aromatic N) is 4. The van der Waals surface area contributed by atoms with Crippen LogP contribution in [-0.4, -0.2) is 48.4 Å². The van der Waals surface area contributed by atoms with E-state index in [4.69, 9.17) is 5.73 Å². The maximum atomic E-state index is 6.21. The minimum atomic E-state index is 0.833. The zero-order chi connectivity index (χ0) is 14.4. The molecular formula is C14H29N5. The molecule has 0 saturated heterocycles. The van der Waals surface area contributed by atoms with E-state index in [1.54, 1.807) is 0 Å². The van der Waals surface area contributed by atoms with Gasteiger partial charge in [-0.1, -0.05) is 6.92 Å². The van der Waals surface area contributed by atoms with Crippen LogP contribution in [0.1, 0.15) is 32.4 Å². The summed E-state index contributed by atoms with van der Waals surface area (Å²) in [5, 5.41) is 4.55. The monoisotopic (exact) mass is 267 g/mol. The van der Waals surface area contributed by atoms with Gasteiger partial charge in [-0.15, -0.1) is 0 Å². The molecule has 0 saturated carbocycles. The first-order valence-electron chi connectivity index (χ1n) is 7.23. The van der Waals surface area contributed by atoms with Crippen LogP contribution < -0.4 is 10.6 Å². The van der Waals surface area contributed by atoms with Gasteiger partial charge in [0.25, 0.3) is 0 Å². The van der Waals surface area contributed by atoms with Crippen molar-refractivity contribution < 1.29 is 0 Å². The summed E-state index contributed by atoms with van der Waals surface area (Å²) >= 11 is 0. The van der Waals surface area contributed by atoms with E-state index in [1.807, 2.05) is 6.92 Å². The molecule has 1 rings (SSSR count). The number of nitrogens with two attached hydrogens (primary N) is 1. The van der Waals surface area contributed by atoms with Gasteiger partial charge >= 0.3 is 0 Å². The van der Waals surface area contributed by atoms with Gasteiger partial charge in [-0.25, -0.2) is 4.68 Å². The standard InChI is InChI=1S/C14H29N5/c1-6-9-19-14(13(15)12(3)16-19)18(7-2)11-8-10-17(4)5/h6-11,15H2,1-5H3. The van der Waals surface area contributed by atoms with E-state index in [2.05, 4.69) is 47.5 Å². The van der Waals surface area contributed by atoms with Crippen molar-refractivity contribution in [1.82, 2.24) is 14.7 Å². The number of hydrogen-bond donors (Lipinski definition) is 1. The molecule has 0 amide bonds. The molecule has 5 nitrogen and oxygen atoms in total. The van der Waals surface area contributed by atoms with E-state index in [0.717, 1.165) is 56.2 Å². The van der Waals surface area contributed by atoms with E-state index >= 15 is 0 Å². The Bertz CT molecular complexity index is 383. The first kappa shape index (κ1) is 15.8. The number of aryl methyl sites for hydroxylation is 2. The molecule has 0 aromatic carbocycles. The van der Waals surface area contributed by atoms with Crippen molar-refractivity contribution in [3.05, 3.63) is 5.69 Å². The van der Waals surface area contributed by atoms with Gasteiger partial charge in [0.05, 0.1) is 11.4 Å². The van der Waals surface area contributed by atoms with Crippen LogP contribution >= 0.6 is 0 Å². The van der Waals surface area contributed by atoms with E-state index in [0.29, 0.717) is 0 Å². The SMILES string of the molecule is CCCn1nc(C)c(N)c1N(CC)CCCN(C)C. The Balaban J connectivity index is 2.84. The predicted molar refractivity (Wildman–Crippen MR) is 82.7 cm³/mol. The number of rotatable bonds is 8. The average Bonchev–Trinajstić information content (AvgIpc) is 2.62. The Morgan fingerprint density at radius 1 is 1.21 bits per heavy atom. The normalized spacial score (nSPS) is 11.3. The fourth-order valence-corrected chi connectivity index (χ4v) is 2.28. The Labute approximate surface area is 117 Å². The molecule has 0 radical (unpaired) electrons. The zero-order valence-corrected chi connectivity index (χ0v) is 13.1. The highest BCUT2D eigenvalue weighted by molar-refractivity contribution is 5.66. The number of aromatic nitrogens is 2. The summed E-state index contributed by atoms with van der Waals surface area (Å²) in [4.78, 5) is 4.56. The van der Waals surface area contributed by atoms with Crippen molar-refractivity contribution in [3.8, 4) is 0 Å². The van der Waals surface area contributed by atoms with Crippen LogP contribution in [0.25, 0.3) is 0 Å². The molecule has 0 spiro atoms. The van der Waals surface area contributed by atoms with Gasteiger partial charge in [-0.05, 0) is 47.3 Å². The summed E-state index contributed by atoms with van der Waals surface area (Å²) in [6, 6.07) is 0. The topological polar surface area (TPSA) is 50.3 Å². The van der Waals surface area contributed by atoms with Gasteiger partial charge in [-0.3, -0.25) is 0 Å². The molecule has 110 valence electrons. The third-order valence-electron chi connectivity index (χ3n) is 3.30. The molecule has 19 heavy (non-hydrogen) atoms. The lowest BCUT2D eigenvalue weighted by atomic mass is 10.3. The van der Waals surface area contributed by atoms with Crippen LogP contribution in [0.15, 0.2) is 0 Å². The summed E-state index contributed by atoms with van der Waals surface area (Å²) < 4.78 is 2.06. The lowest BCUT2D eigenvalue weighted by Gasteiger charge is -2.25. The lowest BCUT2D eigenvalue weighted by molar-refractivity contribution is 0.400. The van der Waals surface area contributed by atoms with Crippen LogP contribution in [0.3, 0.4) is 0 Å². The molecule has 0 aliphatic heterocycles. The summed E-state index contributed by atoms with van der Waals surface area (Å²) in [6.45, 7) is 10.3. The maximum absolute atomic E-state index is 6.21. The van der Waals surface area contributed by atoms with Crippen molar-refractivity contribution in [1.29, 1.82) is 0 Å². The summed E-state index contributed by atoms with van der Waals surface area (Å²) in [5.41, 5.74) is 7.98. The Morgan fingerprint density at radius 3 is 2.42 bits per heavy atom. The molecule has 0 bridgehead atoms. The molecule has 1 aromatic heterocycles. The molecule has 0 aliphatic rings. The highest BCUT2D eigenvalue weighted by Gasteiger charge is 2.17. The smallest absolute Gasteiger partial charge is 0.150 e. The van der Waals surface area contributed by atoms with Crippen LogP contribution in [0.5, 0.6) is 0 Å². The molecule has 0 fully saturated rings. The predicted octanol–water partition coefficient (Wildman–Crippen LogP) is 1.96. The van der Waals surface area contributed by atoms with Gasteiger partial charge < -0.3 is 15.5 Å². The third-order valence-corrected chi connectivity index (χ3v) is 3.30. The second-order valence-corrected chi connectivity index (χ2v) is 5.28. The Kier molecular flexibility index (Phi) is 6.15. The zero-order valence-electron chi connectivity index (χ0n) is 13.1. The van der Waals surface area contributed by atoms with Crippen molar-refractivity contribution in [2.75, 3.05) is 44.4 Å². The van der Waals surface area contributed by atoms with Crippen LogP contribution in [0.2, 0.25) is 0 Å². The lowest BCUT2D eigenvalue weighted by Crippen LogP contribution is -2.29. The van der Waals surface area contributed by atoms with Gasteiger partial charge in [0.2, 0.25) is 0 Å². The minimum Gasteiger partial charge on any atom is -0.394 e. The maximum Gasteiger partial charge on any atom is 0.150 e. The third kappa shape index (κ3) is 4.13. The summed E-state index contributed by atoms with van der Waals surface area (Å²) in [6.07, 6.45) is 2.21. The largest absolute Gasteiger partial charge is 0.394 e. The highest BCUT2D eigenvalue weighted by atomic mass is 15.4. The average molecular weight is 267 g/mol. The quantitative estimate of drug-likeness (QED) is 0.782. The van der Waals surface area contributed by atoms with E-state index in [-0.39, 0.29) is 0 Å². The Morgan fingerprint density at radius 2 is 1.89 bits per heavy atom. The first-order valence-corrected chi connectivity index (χ1v) is 7.23. The summed E-state index contributed by atoms with van der Waals surface area (Å²) in [7, 11) is 4.21. The van der Waals surface area contributed by atoms with Gasteiger partial charge in [0, 0.05) is 19.6 Å². The number of anilines is 2. The van der Waals surface area contributed by atoms with Crippen LogP contribution in [0, 0.1) is 6.92 Å². The number of hydrogen-bond acceptors (Lipinski definition) is 4. The highest BCUT2D eigenvalue weighted by Crippen LogP contribution is 2.26. The fraction of sp³-hybridized carbons (Fsp3) is 0.786. The van der Waals surface area contributed by atoms with Crippen LogP contribution in [0.4, 0.5) is 11.5 Å².